The highest BCUT2D eigenvalue weighted by molar-refractivity contribution is 5.23. The van der Waals surface area contributed by atoms with Crippen LogP contribution in [0.4, 0.5) is 0 Å². The lowest BCUT2D eigenvalue weighted by atomic mass is 9.87. The summed E-state index contributed by atoms with van der Waals surface area (Å²) in [6.45, 7) is 1.95. The van der Waals surface area contributed by atoms with Gasteiger partial charge in [-0.05, 0) is 31.7 Å². The molecule has 22 heavy (non-hydrogen) atoms. The van der Waals surface area contributed by atoms with Crippen molar-refractivity contribution >= 4 is 0 Å². The van der Waals surface area contributed by atoms with Crippen molar-refractivity contribution in [2.24, 2.45) is 0 Å². The molecule has 3 aromatic rings. The largest absolute Gasteiger partial charge is 0.364 e. The molecule has 1 aliphatic carbocycles. The molecule has 3 heterocycles. The maximum absolute atomic E-state index is 5.45. The summed E-state index contributed by atoms with van der Waals surface area (Å²) in [4.78, 5) is 12.9. The molecule has 112 valence electrons. The first-order valence-corrected chi connectivity index (χ1v) is 7.29. The number of rotatable bonds is 3. The van der Waals surface area contributed by atoms with Gasteiger partial charge in [-0.2, -0.15) is 4.98 Å². The maximum atomic E-state index is 5.45. The fraction of sp³-hybridized carbons (Fsp3) is 0.400. The molecule has 0 amide bonds. The van der Waals surface area contributed by atoms with Crippen molar-refractivity contribution in [2.45, 2.75) is 38.5 Å². The maximum Gasteiger partial charge on any atom is 0.230 e. The molecule has 0 spiro atoms. The van der Waals surface area contributed by atoms with E-state index in [1.165, 1.54) is 5.56 Å². The summed E-state index contributed by atoms with van der Waals surface area (Å²) in [7, 11) is 0. The second-order valence-corrected chi connectivity index (χ2v) is 5.60. The monoisotopic (exact) mass is 297 g/mol. The van der Waals surface area contributed by atoms with Gasteiger partial charge in [0.2, 0.25) is 5.89 Å². The third-order valence-electron chi connectivity index (χ3n) is 4.08. The van der Waals surface area contributed by atoms with Gasteiger partial charge >= 0.3 is 0 Å². The molecule has 0 aliphatic heterocycles. The first-order valence-electron chi connectivity index (χ1n) is 7.29. The Labute approximate surface area is 126 Å². The molecule has 7 heteroatoms. The summed E-state index contributed by atoms with van der Waals surface area (Å²) in [6, 6.07) is 0. The number of hydrogen-bond donors (Lipinski definition) is 0. The highest BCUT2D eigenvalue weighted by Gasteiger charge is 2.26. The predicted octanol–water partition coefficient (Wildman–Crippen LogP) is 2.02. The molecule has 7 nitrogen and oxygen atoms in total. The van der Waals surface area contributed by atoms with E-state index in [0.717, 1.165) is 36.2 Å². The topological polar surface area (TPSA) is 90.7 Å². The number of nitrogens with zero attached hydrogens (tertiary/aromatic N) is 5. The molecule has 0 aromatic carbocycles. The SMILES string of the molecule is Cc1conc1Cc1noc(C2CCc3ncncc3C2)n1. The summed E-state index contributed by atoms with van der Waals surface area (Å²) in [6.07, 6.45) is 8.36. The first kappa shape index (κ1) is 13.1. The summed E-state index contributed by atoms with van der Waals surface area (Å²) in [5.74, 6) is 1.56. The molecule has 0 bridgehead atoms. The summed E-state index contributed by atoms with van der Waals surface area (Å²) in [5, 5.41) is 8.01. The fourth-order valence-electron chi connectivity index (χ4n) is 2.80. The van der Waals surface area contributed by atoms with Crippen LogP contribution in [0.3, 0.4) is 0 Å². The van der Waals surface area contributed by atoms with Gasteiger partial charge in [-0.25, -0.2) is 9.97 Å². The molecule has 1 aliphatic rings. The molecule has 1 atom stereocenters. The van der Waals surface area contributed by atoms with Gasteiger partial charge in [0.1, 0.15) is 12.6 Å². The Morgan fingerprint density at radius 3 is 3.14 bits per heavy atom. The van der Waals surface area contributed by atoms with Gasteiger partial charge < -0.3 is 9.05 Å². The van der Waals surface area contributed by atoms with Gasteiger partial charge in [-0.3, -0.25) is 0 Å². The highest BCUT2D eigenvalue weighted by atomic mass is 16.5. The van der Waals surface area contributed by atoms with Gasteiger partial charge in [0.25, 0.3) is 0 Å². The molecule has 0 radical (unpaired) electrons. The molecule has 0 saturated carbocycles. The third-order valence-corrected chi connectivity index (χ3v) is 4.08. The minimum atomic E-state index is 0.234. The molecule has 3 aromatic heterocycles. The van der Waals surface area contributed by atoms with E-state index in [9.17, 15) is 0 Å². The normalized spacial score (nSPS) is 17.4. The van der Waals surface area contributed by atoms with Crippen LogP contribution in [-0.2, 0) is 19.3 Å². The molecule has 4 rings (SSSR count). The van der Waals surface area contributed by atoms with Crippen molar-refractivity contribution in [3.05, 3.63) is 53.0 Å². The van der Waals surface area contributed by atoms with Gasteiger partial charge in [-0.1, -0.05) is 10.3 Å². The van der Waals surface area contributed by atoms with E-state index >= 15 is 0 Å². The molecule has 1 unspecified atom stereocenters. The van der Waals surface area contributed by atoms with Crippen LogP contribution >= 0.6 is 0 Å². The summed E-state index contributed by atoms with van der Waals surface area (Å²) >= 11 is 0. The van der Waals surface area contributed by atoms with Crippen LogP contribution in [0.2, 0.25) is 0 Å². The van der Waals surface area contributed by atoms with E-state index < -0.39 is 0 Å². The fourth-order valence-corrected chi connectivity index (χ4v) is 2.80. The zero-order chi connectivity index (χ0) is 14.9. The second kappa shape index (κ2) is 5.32. The van der Waals surface area contributed by atoms with Crippen LogP contribution in [-0.4, -0.2) is 25.3 Å². The van der Waals surface area contributed by atoms with Crippen molar-refractivity contribution < 1.29 is 9.05 Å². The molecular weight excluding hydrogens is 282 g/mol. The van der Waals surface area contributed by atoms with E-state index in [1.807, 2.05) is 13.1 Å². The quantitative estimate of drug-likeness (QED) is 0.730. The number of fused-ring (bicyclic) bond motifs is 1. The van der Waals surface area contributed by atoms with Crippen LogP contribution in [0.15, 0.2) is 27.8 Å². The van der Waals surface area contributed by atoms with E-state index in [4.69, 9.17) is 9.05 Å². The summed E-state index contributed by atoms with van der Waals surface area (Å²) < 4.78 is 10.4. The smallest absolute Gasteiger partial charge is 0.230 e. The third kappa shape index (κ3) is 2.38. The average Bonchev–Trinajstić information content (AvgIpc) is 3.17. The Hall–Kier alpha value is -2.57. The molecular formula is C15H15N5O2. The van der Waals surface area contributed by atoms with Crippen molar-refractivity contribution in [2.75, 3.05) is 0 Å². The predicted molar refractivity (Wildman–Crippen MR) is 75.1 cm³/mol. The Bertz CT molecular complexity index is 795. The van der Waals surface area contributed by atoms with E-state index in [0.29, 0.717) is 18.1 Å². The minimum Gasteiger partial charge on any atom is -0.364 e. The van der Waals surface area contributed by atoms with Gasteiger partial charge in [0.05, 0.1) is 12.1 Å². The van der Waals surface area contributed by atoms with Crippen molar-refractivity contribution in [1.82, 2.24) is 25.3 Å². The Morgan fingerprint density at radius 1 is 1.32 bits per heavy atom. The Balaban J connectivity index is 1.52. The van der Waals surface area contributed by atoms with Crippen LogP contribution in [0, 0.1) is 6.92 Å². The minimum absolute atomic E-state index is 0.234. The zero-order valence-corrected chi connectivity index (χ0v) is 12.2. The first-order chi connectivity index (χ1) is 10.8. The van der Waals surface area contributed by atoms with Crippen LogP contribution in [0.1, 0.15) is 46.6 Å². The van der Waals surface area contributed by atoms with E-state index in [1.54, 1.807) is 12.6 Å². The Morgan fingerprint density at radius 2 is 2.27 bits per heavy atom. The summed E-state index contributed by atoms with van der Waals surface area (Å²) in [5.41, 5.74) is 4.14. The second-order valence-electron chi connectivity index (χ2n) is 5.60. The average molecular weight is 297 g/mol. The number of hydrogen-bond acceptors (Lipinski definition) is 7. The van der Waals surface area contributed by atoms with Gasteiger partial charge in [0.15, 0.2) is 5.82 Å². The zero-order valence-electron chi connectivity index (χ0n) is 12.2. The van der Waals surface area contributed by atoms with Crippen molar-refractivity contribution in [1.29, 1.82) is 0 Å². The molecule has 0 N–H and O–H groups in total. The molecule has 0 saturated heterocycles. The van der Waals surface area contributed by atoms with Crippen molar-refractivity contribution in [3.63, 3.8) is 0 Å². The lowest BCUT2D eigenvalue weighted by Crippen LogP contribution is -2.14. The van der Waals surface area contributed by atoms with E-state index in [-0.39, 0.29) is 5.92 Å². The van der Waals surface area contributed by atoms with E-state index in [2.05, 4.69) is 25.3 Å². The number of aryl methyl sites for hydroxylation is 2. The van der Waals surface area contributed by atoms with Crippen molar-refractivity contribution in [3.8, 4) is 0 Å². The van der Waals surface area contributed by atoms with Crippen LogP contribution < -0.4 is 0 Å². The standard InChI is InChI=1S/C15H15N5O2/c1-9-7-21-19-13(9)5-14-18-15(22-20-14)10-2-3-12-11(4-10)6-16-8-17-12/h6-8,10H,2-5H2,1H3. The van der Waals surface area contributed by atoms with Gasteiger partial charge in [0, 0.05) is 23.4 Å². The Kier molecular flexibility index (Phi) is 3.17. The molecule has 0 fully saturated rings. The van der Waals surface area contributed by atoms with Crippen LogP contribution in [0.5, 0.6) is 0 Å². The van der Waals surface area contributed by atoms with Gasteiger partial charge in [-0.15, -0.1) is 0 Å². The lowest BCUT2D eigenvalue weighted by molar-refractivity contribution is 0.336. The van der Waals surface area contributed by atoms with Crippen LogP contribution in [0.25, 0.3) is 0 Å². The number of aromatic nitrogens is 5. The highest BCUT2D eigenvalue weighted by Crippen LogP contribution is 2.30. The lowest BCUT2D eigenvalue weighted by Gasteiger charge is -2.19.